The predicted octanol–water partition coefficient (Wildman–Crippen LogP) is 1.97. The molecule has 0 bridgehead atoms. The lowest BCUT2D eigenvalue weighted by Crippen LogP contribution is -2.10. The van der Waals surface area contributed by atoms with Gasteiger partial charge in [-0.25, -0.2) is 0 Å². The summed E-state index contributed by atoms with van der Waals surface area (Å²) < 4.78 is 5.00. The monoisotopic (exact) mass is 210 g/mol. The second kappa shape index (κ2) is 4.60. The summed E-state index contributed by atoms with van der Waals surface area (Å²) in [5, 5.41) is 0. The van der Waals surface area contributed by atoms with Crippen LogP contribution >= 0.6 is 0 Å². The van der Waals surface area contributed by atoms with Crippen LogP contribution in [-0.2, 0) is 14.3 Å². The fraction of sp³-hybridized carbons (Fsp3) is 0.667. The first-order valence-corrected chi connectivity index (χ1v) is 5.32. The van der Waals surface area contributed by atoms with Crippen LogP contribution in [0.25, 0.3) is 0 Å². The van der Waals surface area contributed by atoms with Crippen molar-refractivity contribution in [3.63, 3.8) is 0 Å². The third-order valence-corrected chi connectivity index (χ3v) is 3.03. The van der Waals surface area contributed by atoms with Gasteiger partial charge in [-0.05, 0) is 18.3 Å². The van der Waals surface area contributed by atoms with E-state index in [-0.39, 0.29) is 23.2 Å². The minimum atomic E-state index is -0.122. The Balaban J connectivity index is 2.54. The first kappa shape index (κ1) is 12.0. The maximum absolute atomic E-state index is 11.5. The van der Waals surface area contributed by atoms with E-state index in [2.05, 4.69) is 0 Å². The molecule has 1 aliphatic carbocycles. The van der Waals surface area contributed by atoms with Gasteiger partial charge in [0.2, 0.25) is 0 Å². The van der Waals surface area contributed by atoms with Crippen LogP contribution in [0.2, 0.25) is 0 Å². The molecule has 0 aromatic carbocycles. The Morgan fingerprint density at radius 3 is 2.67 bits per heavy atom. The lowest BCUT2D eigenvalue weighted by molar-refractivity contribution is -0.145. The van der Waals surface area contributed by atoms with Crippen LogP contribution in [0.1, 0.15) is 27.2 Å². The highest BCUT2D eigenvalue weighted by atomic mass is 16.5. The molecule has 0 aromatic rings. The summed E-state index contributed by atoms with van der Waals surface area (Å²) >= 11 is 0. The molecule has 15 heavy (non-hydrogen) atoms. The van der Waals surface area contributed by atoms with Crippen LogP contribution in [0.5, 0.6) is 0 Å². The van der Waals surface area contributed by atoms with Gasteiger partial charge in [-0.1, -0.05) is 26.0 Å². The topological polar surface area (TPSA) is 43.4 Å². The number of rotatable bonds is 5. The quantitative estimate of drug-likeness (QED) is 0.396. The Morgan fingerprint density at radius 2 is 2.13 bits per heavy atom. The molecule has 0 heterocycles. The molecule has 0 aliphatic heterocycles. The third kappa shape index (κ3) is 2.46. The maximum Gasteiger partial charge on any atom is 0.310 e. The van der Waals surface area contributed by atoms with Crippen molar-refractivity contribution >= 4 is 12.3 Å². The fourth-order valence-electron chi connectivity index (χ4n) is 2.00. The van der Waals surface area contributed by atoms with Gasteiger partial charge >= 0.3 is 5.97 Å². The van der Waals surface area contributed by atoms with Gasteiger partial charge < -0.3 is 9.53 Å². The predicted molar refractivity (Wildman–Crippen MR) is 57.2 cm³/mol. The lowest BCUT2D eigenvalue weighted by Gasteiger charge is -2.01. The zero-order valence-electron chi connectivity index (χ0n) is 9.53. The van der Waals surface area contributed by atoms with Gasteiger partial charge in [-0.2, -0.15) is 0 Å². The van der Waals surface area contributed by atoms with Gasteiger partial charge in [0, 0.05) is 6.42 Å². The van der Waals surface area contributed by atoms with E-state index in [1.807, 2.05) is 32.9 Å². The number of esters is 1. The van der Waals surface area contributed by atoms with Gasteiger partial charge in [0.25, 0.3) is 0 Å². The number of ether oxygens (including phenoxy) is 1. The molecule has 1 rings (SSSR count). The van der Waals surface area contributed by atoms with Crippen molar-refractivity contribution in [2.45, 2.75) is 27.2 Å². The zero-order valence-corrected chi connectivity index (χ0v) is 9.53. The minimum Gasteiger partial charge on any atom is -0.466 e. The number of carbonyl (C=O) groups excluding carboxylic acids is 2. The zero-order chi connectivity index (χ0) is 11.5. The Morgan fingerprint density at radius 1 is 1.47 bits per heavy atom. The minimum absolute atomic E-state index is 0.0222. The molecule has 1 fully saturated rings. The van der Waals surface area contributed by atoms with E-state index in [1.165, 1.54) is 0 Å². The van der Waals surface area contributed by atoms with Crippen LogP contribution in [0, 0.1) is 17.3 Å². The highest BCUT2D eigenvalue weighted by molar-refractivity contribution is 5.78. The molecule has 1 saturated carbocycles. The molecule has 2 unspecified atom stereocenters. The third-order valence-electron chi connectivity index (χ3n) is 3.03. The van der Waals surface area contributed by atoms with Crippen LogP contribution in [0.4, 0.5) is 0 Å². The summed E-state index contributed by atoms with van der Waals surface area (Å²) in [6.07, 6.45) is 5.04. The highest BCUT2D eigenvalue weighted by Crippen LogP contribution is 2.59. The van der Waals surface area contributed by atoms with Crippen LogP contribution in [0.15, 0.2) is 12.2 Å². The second-order valence-corrected chi connectivity index (χ2v) is 4.41. The molecule has 0 spiro atoms. The maximum atomic E-state index is 11.5. The van der Waals surface area contributed by atoms with Crippen molar-refractivity contribution < 1.29 is 14.3 Å². The molecule has 0 N–H and O–H groups in total. The van der Waals surface area contributed by atoms with E-state index in [9.17, 15) is 9.59 Å². The molecule has 0 saturated heterocycles. The van der Waals surface area contributed by atoms with Gasteiger partial charge in [0.1, 0.15) is 6.29 Å². The standard InChI is InChI=1S/C12H18O3/c1-4-15-11(14)10-9(12(10,2)3)7-5-6-8-13/h5,7-10H,4,6H2,1-3H3/b7-5+. The first-order valence-electron chi connectivity index (χ1n) is 5.32. The molecule has 0 amide bonds. The summed E-state index contributed by atoms with van der Waals surface area (Å²) in [5.41, 5.74) is -0.0222. The van der Waals surface area contributed by atoms with Gasteiger partial charge in [0.15, 0.2) is 0 Å². The van der Waals surface area contributed by atoms with Crippen molar-refractivity contribution in [3.05, 3.63) is 12.2 Å². The normalized spacial score (nSPS) is 27.7. The van der Waals surface area contributed by atoms with E-state index in [0.717, 1.165) is 6.29 Å². The van der Waals surface area contributed by atoms with Crippen molar-refractivity contribution in [1.82, 2.24) is 0 Å². The number of carbonyl (C=O) groups is 2. The molecular formula is C12H18O3. The average Bonchev–Trinajstić information content (AvgIpc) is 2.69. The number of allylic oxidation sites excluding steroid dienone is 2. The van der Waals surface area contributed by atoms with Crippen LogP contribution in [0.3, 0.4) is 0 Å². The van der Waals surface area contributed by atoms with E-state index in [0.29, 0.717) is 13.0 Å². The average molecular weight is 210 g/mol. The van der Waals surface area contributed by atoms with Crippen molar-refractivity contribution in [2.24, 2.45) is 17.3 Å². The molecule has 0 aromatic heterocycles. The van der Waals surface area contributed by atoms with E-state index >= 15 is 0 Å². The first-order chi connectivity index (χ1) is 7.05. The van der Waals surface area contributed by atoms with E-state index < -0.39 is 0 Å². The number of hydrogen-bond acceptors (Lipinski definition) is 3. The highest BCUT2D eigenvalue weighted by Gasteiger charge is 2.61. The van der Waals surface area contributed by atoms with Gasteiger partial charge in [-0.3, -0.25) is 4.79 Å². The van der Waals surface area contributed by atoms with Gasteiger partial charge in [0.05, 0.1) is 12.5 Å². The molecule has 0 radical (unpaired) electrons. The largest absolute Gasteiger partial charge is 0.466 e. The van der Waals surface area contributed by atoms with Crippen molar-refractivity contribution in [1.29, 1.82) is 0 Å². The summed E-state index contributed by atoms with van der Waals surface area (Å²) in [6.45, 7) is 6.33. The van der Waals surface area contributed by atoms with Crippen molar-refractivity contribution in [3.8, 4) is 0 Å². The van der Waals surface area contributed by atoms with E-state index in [4.69, 9.17) is 4.74 Å². The Labute approximate surface area is 90.5 Å². The second-order valence-electron chi connectivity index (χ2n) is 4.41. The summed E-state index contributed by atoms with van der Waals surface area (Å²) in [6, 6.07) is 0. The summed E-state index contributed by atoms with van der Waals surface area (Å²) in [4.78, 5) is 21.7. The van der Waals surface area contributed by atoms with E-state index in [1.54, 1.807) is 0 Å². The number of hydrogen-bond donors (Lipinski definition) is 0. The fourth-order valence-corrected chi connectivity index (χ4v) is 2.00. The Bertz CT molecular complexity index is 279. The summed E-state index contributed by atoms with van der Waals surface area (Å²) in [5.74, 6) is 0.0557. The smallest absolute Gasteiger partial charge is 0.310 e. The van der Waals surface area contributed by atoms with Crippen molar-refractivity contribution in [2.75, 3.05) is 6.61 Å². The molecule has 84 valence electrons. The molecular weight excluding hydrogens is 192 g/mol. The summed E-state index contributed by atoms with van der Waals surface area (Å²) in [7, 11) is 0. The molecule has 2 atom stereocenters. The molecule has 3 nitrogen and oxygen atoms in total. The lowest BCUT2D eigenvalue weighted by atomic mass is 10.1. The molecule has 1 aliphatic rings. The Kier molecular flexibility index (Phi) is 3.66. The van der Waals surface area contributed by atoms with Crippen LogP contribution in [-0.4, -0.2) is 18.9 Å². The molecule has 3 heteroatoms. The Hall–Kier alpha value is -1.12. The van der Waals surface area contributed by atoms with Gasteiger partial charge in [-0.15, -0.1) is 0 Å². The van der Waals surface area contributed by atoms with Crippen LogP contribution < -0.4 is 0 Å². The number of aldehydes is 1. The SMILES string of the molecule is CCOC(=O)C1C(/C=C/CC=O)C1(C)C.